The zero-order chi connectivity index (χ0) is 19.3. The molecule has 0 aliphatic heterocycles. The second kappa shape index (κ2) is 8.48. The van der Waals surface area contributed by atoms with Gasteiger partial charge in [0, 0.05) is 23.8 Å². The molecule has 0 unspecified atom stereocenters. The predicted molar refractivity (Wildman–Crippen MR) is 94.2 cm³/mol. The van der Waals surface area contributed by atoms with Crippen LogP contribution in [0.1, 0.15) is 22.5 Å². The molecule has 26 heavy (non-hydrogen) atoms. The Balaban J connectivity index is 2.31. The van der Waals surface area contributed by atoms with Crippen LogP contribution in [0.3, 0.4) is 0 Å². The van der Waals surface area contributed by atoms with Crippen LogP contribution in [-0.2, 0) is 26.1 Å². The Labute approximate surface area is 155 Å². The highest BCUT2D eigenvalue weighted by atomic mass is 35.5. The number of carbonyl (C=O) groups is 3. The molecule has 1 heterocycles. The fourth-order valence-electron chi connectivity index (χ4n) is 2.27. The van der Waals surface area contributed by atoms with Crippen LogP contribution in [0.4, 0.5) is 5.69 Å². The van der Waals surface area contributed by atoms with Crippen LogP contribution in [0.25, 0.3) is 0 Å². The average molecular weight is 380 g/mol. The Morgan fingerprint density at radius 2 is 1.85 bits per heavy atom. The number of benzene rings is 1. The number of aromatic nitrogens is 2. The summed E-state index contributed by atoms with van der Waals surface area (Å²) in [6.45, 7) is 0. The van der Waals surface area contributed by atoms with E-state index in [-0.39, 0.29) is 17.9 Å². The quantitative estimate of drug-likeness (QED) is 0.578. The van der Waals surface area contributed by atoms with E-state index >= 15 is 0 Å². The summed E-state index contributed by atoms with van der Waals surface area (Å²) in [6.07, 6.45) is 1.28. The highest BCUT2D eigenvalue weighted by Gasteiger charge is 2.27. The molecule has 0 radical (unpaired) electrons. The maximum atomic E-state index is 12.7. The van der Waals surface area contributed by atoms with Gasteiger partial charge < -0.3 is 14.8 Å². The van der Waals surface area contributed by atoms with Gasteiger partial charge in [-0.3, -0.25) is 14.3 Å². The van der Waals surface area contributed by atoms with Crippen molar-refractivity contribution in [2.24, 2.45) is 7.05 Å². The summed E-state index contributed by atoms with van der Waals surface area (Å²) in [5, 5.41) is 7.50. The Hall–Kier alpha value is -2.87. The van der Waals surface area contributed by atoms with Crippen molar-refractivity contribution >= 4 is 35.0 Å². The lowest BCUT2D eigenvalue weighted by Crippen LogP contribution is -2.33. The van der Waals surface area contributed by atoms with Crippen LogP contribution in [0.15, 0.2) is 30.5 Å². The van der Waals surface area contributed by atoms with E-state index in [1.807, 2.05) is 0 Å². The van der Waals surface area contributed by atoms with Crippen LogP contribution >= 0.6 is 11.6 Å². The summed E-state index contributed by atoms with van der Waals surface area (Å²) in [5.41, 5.74) is 0.791. The van der Waals surface area contributed by atoms with Gasteiger partial charge in [-0.15, -0.1) is 0 Å². The molecule has 9 heteroatoms. The number of nitrogens with one attached hydrogen (secondary N) is 1. The third-order valence-electron chi connectivity index (χ3n) is 3.56. The van der Waals surface area contributed by atoms with Crippen LogP contribution in [-0.4, -0.2) is 47.8 Å². The minimum Gasteiger partial charge on any atom is -0.469 e. The monoisotopic (exact) mass is 379 g/mol. The fraction of sp³-hybridized carbons (Fsp3) is 0.294. The molecular formula is C17H18ClN3O5. The van der Waals surface area contributed by atoms with Crippen molar-refractivity contribution < 1.29 is 23.9 Å². The highest BCUT2D eigenvalue weighted by Crippen LogP contribution is 2.21. The molecule has 1 N–H and O–H groups in total. The van der Waals surface area contributed by atoms with Crippen LogP contribution in [0.2, 0.25) is 5.02 Å². The van der Waals surface area contributed by atoms with Gasteiger partial charge in [0.15, 0.2) is 5.69 Å². The normalized spacial score (nSPS) is 11.5. The van der Waals surface area contributed by atoms with Gasteiger partial charge in [0.25, 0.3) is 0 Å². The molecule has 1 aromatic heterocycles. The lowest BCUT2D eigenvalue weighted by atomic mass is 10.1. The Morgan fingerprint density at radius 3 is 2.42 bits per heavy atom. The summed E-state index contributed by atoms with van der Waals surface area (Å²) in [5.74, 6) is -1.61. The zero-order valence-electron chi connectivity index (χ0n) is 14.5. The lowest BCUT2D eigenvalue weighted by molar-refractivity contribution is -0.148. The van der Waals surface area contributed by atoms with Crippen LogP contribution in [0.5, 0.6) is 0 Å². The van der Waals surface area contributed by atoms with E-state index in [0.29, 0.717) is 16.3 Å². The second-order valence-electron chi connectivity index (χ2n) is 5.40. The van der Waals surface area contributed by atoms with Gasteiger partial charge in [-0.2, -0.15) is 5.10 Å². The van der Waals surface area contributed by atoms with Crippen LogP contribution < -0.4 is 5.32 Å². The number of rotatable bonds is 7. The highest BCUT2D eigenvalue weighted by molar-refractivity contribution is 6.30. The SMILES string of the molecule is COC(=O)C[C@H](Nc1cn(C)nc1C(=O)c1ccc(Cl)cc1)C(=O)OC. The Bertz CT molecular complexity index is 816. The fourth-order valence-corrected chi connectivity index (χ4v) is 2.40. The van der Waals surface area contributed by atoms with Gasteiger partial charge in [0.2, 0.25) is 5.78 Å². The van der Waals surface area contributed by atoms with Crippen molar-refractivity contribution in [3.8, 4) is 0 Å². The van der Waals surface area contributed by atoms with Gasteiger partial charge in [0.1, 0.15) is 6.04 Å². The summed E-state index contributed by atoms with van der Waals surface area (Å²) in [6, 6.07) is 5.33. The molecule has 0 amide bonds. The number of ether oxygens (including phenoxy) is 2. The molecule has 2 aromatic rings. The molecule has 1 aromatic carbocycles. The van der Waals surface area contributed by atoms with Crippen molar-refractivity contribution in [2.45, 2.75) is 12.5 Å². The van der Waals surface area contributed by atoms with E-state index in [0.717, 1.165) is 0 Å². The molecule has 2 rings (SSSR count). The van der Waals surface area contributed by atoms with E-state index in [9.17, 15) is 14.4 Å². The first-order valence-corrected chi connectivity index (χ1v) is 7.98. The van der Waals surface area contributed by atoms with Gasteiger partial charge in [-0.1, -0.05) is 11.6 Å². The van der Waals surface area contributed by atoms with Gasteiger partial charge >= 0.3 is 11.9 Å². The molecule has 0 fully saturated rings. The largest absolute Gasteiger partial charge is 0.469 e. The molecule has 0 spiro atoms. The third-order valence-corrected chi connectivity index (χ3v) is 3.82. The number of carbonyl (C=O) groups excluding carboxylic acids is 3. The smallest absolute Gasteiger partial charge is 0.328 e. The molecule has 0 saturated heterocycles. The first-order chi connectivity index (χ1) is 12.3. The first kappa shape index (κ1) is 19.5. The van der Waals surface area contributed by atoms with Gasteiger partial charge in [0.05, 0.1) is 26.3 Å². The predicted octanol–water partition coefficient (Wildman–Crippen LogP) is 1.82. The Morgan fingerprint density at radius 1 is 1.19 bits per heavy atom. The number of halogens is 1. The molecule has 0 aliphatic rings. The number of hydrogen-bond donors (Lipinski definition) is 1. The van der Waals surface area contributed by atoms with E-state index in [1.165, 1.54) is 25.1 Å². The van der Waals surface area contributed by atoms with Gasteiger partial charge in [-0.05, 0) is 24.3 Å². The molecule has 138 valence electrons. The number of anilines is 1. The minimum absolute atomic E-state index is 0.105. The average Bonchev–Trinajstić information content (AvgIpc) is 3.00. The van der Waals surface area contributed by atoms with E-state index in [1.54, 1.807) is 31.3 Å². The van der Waals surface area contributed by atoms with Crippen molar-refractivity contribution in [3.63, 3.8) is 0 Å². The number of nitrogens with zero attached hydrogens (tertiary/aromatic N) is 2. The summed E-state index contributed by atoms with van der Waals surface area (Å²) < 4.78 is 10.7. The molecule has 0 aliphatic carbocycles. The van der Waals surface area contributed by atoms with E-state index in [2.05, 4.69) is 15.2 Å². The maximum absolute atomic E-state index is 12.7. The Kier molecular flexibility index (Phi) is 6.35. The van der Waals surface area contributed by atoms with Gasteiger partial charge in [-0.25, -0.2) is 4.79 Å². The summed E-state index contributed by atoms with van der Waals surface area (Å²) in [7, 11) is 4.06. The molecule has 1 atom stereocenters. The van der Waals surface area contributed by atoms with Crippen molar-refractivity contribution in [2.75, 3.05) is 19.5 Å². The topological polar surface area (TPSA) is 99.5 Å². The van der Waals surface area contributed by atoms with Crippen molar-refractivity contribution in [1.29, 1.82) is 0 Å². The lowest BCUT2D eigenvalue weighted by Gasteiger charge is -2.16. The van der Waals surface area contributed by atoms with E-state index < -0.39 is 18.0 Å². The molecule has 0 bridgehead atoms. The minimum atomic E-state index is -1.02. The van der Waals surface area contributed by atoms with Crippen molar-refractivity contribution in [1.82, 2.24) is 9.78 Å². The number of methoxy groups -OCH3 is 2. The third kappa shape index (κ3) is 4.60. The summed E-state index contributed by atoms with van der Waals surface area (Å²) in [4.78, 5) is 36.2. The second-order valence-corrected chi connectivity index (χ2v) is 5.84. The molecular weight excluding hydrogens is 362 g/mol. The van der Waals surface area contributed by atoms with Crippen LogP contribution in [0, 0.1) is 0 Å². The maximum Gasteiger partial charge on any atom is 0.328 e. The zero-order valence-corrected chi connectivity index (χ0v) is 15.2. The number of esters is 2. The number of ketones is 1. The number of aryl methyl sites for hydroxylation is 1. The van der Waals surface area contributed by atoms with Crippen molar-refractivity contribution in [3.05, 3.63) is 46.7 Å². The number of hydrogen-bond acceptors (Lipinski definition) is 7. The van der Waals surface area contributed by atoms with E-state index in [4.69, 9.17) is 16.3 Å². The summed E-state index contributed by atoms with van der Waals surface area (Å²) >= 11 is 5.84. The molecule has 8 nitrogen and oxygen atoms in total. The molecule has 0 saturated carbocycles. The first-order valence-electron chi connectivity index (χ1n) is 7.60. The standard InChI is InChI=1S/C17H18ClN3O5/c1-21-9-13(19-12(17(24)26-3)8-14(22)25-2)15(20-21)16(23)10-4-6-11(18)7-5-10/h4-7,9,12,19H,8H2,1-3H3/t12-/m0/s1.